The first kappa shape index (κ1) is 17.7. The maximum absolute atomic E-state index is 12.0. The molecule has 126 valence electrons. The Morgan fingerprint density at radius 2 is 1.62 bits per heavy atom. The Hall–Kier alpha value is -2.62. The molecule has 0 bridgehead atoms. The van der Waals surface area contributed by atoms with Crippen LogP contribution in [0.5, 0.6) is 0 Å². The summed E-state index contributed by atoms with van der Waals surface area (Å²) < 4.78 is 5.22. The molecule has 0 aliphatic rings. The quantitative estimate of drug-likeness (QED) is 0.656. The van der Waals surface area contributed by atoms with Gasteiger partial charge < -0.3 is 10.1 Å². The number of esters is 1. The summed E-state index contributed by atoms with van der Waals surface area (Å²) in [6, 6.07) is 13.1. The van der Waals surface area contributed by atoms with Gasteiger partial charge in [0.2, 0.25) is 0 Å². The molecule has 0 unspecified atom stereocenters. The second-order valence-electron chi connectivity index (χ2n) is 5.90. The van der Waals surface area contributed by atoms with Crippen LogP contribution in [0.1, 0.15) is 32.6 Å². The fourth-order valence-corrected chi connectivity index (χ4v) is 2.71. The van der Waals surface area contributed by atoms with E-state index in [1.165, 1.54) is 5.56 Å². The highest BCUT2D eigenvalue weighted by Crippen LogP contribution is 2.17. The van der Waals surface area contributed by atoms with Gasteiger partial charge in [0.15, 0.2) is 0 Å². The van der Waals surface area contributed by atoms with E-state index in [0.29, 0.717) is 12.1 Å². The van der Waals surface area contributed by atoms with Crippen molar-refractivity contribution in [2.75, 3.05) is 13.2 Å². The molecule has 0 heterocycles. The summed E-state index contributed by atoms with van der Waals surface area (Å²) in [6.45, 7) is 6.51. The molecule has 2 rings (SSSR count). The molecule has 2 aromatic rings. The molecule has 0 fully saturated rings. The van der Waals surface area contributed by atoms with E-state index in [1.807, 2.05) is 26.8 Å². The fraction of sp³-hybridized carbons (Fsp3) is 0.300. The average molecular weight is 325 g/mol. The number of benzene rings is 2. The molecule has 4 heteroatoms. The Morgan fingerprint density at radius 1 is 1.00 bits per heavy atom. The number of aryl methyl sites for hydroxylation is 3. The zero-order valence-electron chi connectivity index (χ0n) is 14.4. The van der Waals surface area contributed by atoms with Crippen molar-refractivity contribution in [3.63, 3.8) is 0 Å². The lowest BCUT2D eigenvalue weighted by atomic mass is 9.97. The predicted octanol–water partition coefficient (Wildman–Crippen LogP) is 3.13. The minimum Gasteiger partial charge on any atom is -0.464 e. The second kappa shape index (κ2) is 8.29. The molecule has 0 saturated heterocycles. The van der Waals surface area contributed by atoms with Crippen LogP contribution >= 0.6 is 0 Å². The van der Waals surface area contributed by atoms with Crippen molar-refractivity contribution < 1.29 is 14.3 Å². The van der Waals surface area contributed by atoms with E-state index < -0.39 is 0 Å². The monoisotopic (exact) mass is 325 g/mol. The molecule has 24 heavy (non-hydrogen) atoms. The fourth-order valence-electron chi connectivity index (χ4n) is 2.71. The van der Waals surface area contributed by atoms with Crippen LogP contribution in [0.25, 0.3) is 0 Å². The highest BCUT2D eigenvalue weighted by molar-refractivity contribution is 5.94. The lowest BCUT2D eigenvalue weighted by molar-refractivity contribution is -0.142. The van der Waals surface area contributed by atoms with Gasteiger partial charge in [-0.25, -0.2) is 0 Å². The number of amides is 1. The van der Waals surface area contributed by atoms with Gasteiger partial charge >= 0.3 is 5.97 Å². The Bertz CT molecular complexity index is 700. The maximum Gasteiger partial charge on any atom is 0.310 e. The van der Waals surface area contributed by atoms with Gasteiger partial charge in [-0.3, -0.25) is 9.59 Å². The van der Waals surface area contributed by atoms with Gasteiger partial charge in [-0.05, 0) is 49.6 Å². The van der Waals surface area contributed by atoms with E-state index in [1.54, 1.807) is 24.3 Å². The van der Waals surface area contributed by atoms with Gasteiger partial charge in [0.05, 0.1) is 13.0 Å². The zero-order valence-corrected chi connectivity index (χ0v) is 14.4. The highest BCUT2D eigenvalue weighted by atomic mass is 16.5. The Morgan fingerprint density at radius 3 is 2.25 bits per heavy atom. The molecule has 0 saturated carbocycles. The van der Waals surface area contributed by atoms with Gasteiger partial charge in [0.25, 0.3) is 5.91 Å². The van der Waals surface area contributed by atoms with Crippen LogP contribution in [-0.4, -0.2) is 25.0 Å². The molecule has 0 aliphatic heterocycles. The first-order chi connectivity index (χ1) is 11.5. The third-order valence-corrected chi connectivity index (χ3v) is 3.85. The van der Waals surface area contributed by atoms with Gasteiger partial charge in [-0.15, -0.1) is 0 Å². The molecule has 0 aliphatic carbocycles. The molecule has 0 atom stereocenters. The molecule has 0 aromatic heterocycles. The maximum atomic E-state index is 12.0. The minimum atomic E-state index is -0.279. The van der Waals surface area contributed by atoms with Crippen LogP contribution in [0.15, 0.2) is 42.5 Å². The van der Waals surface area contributed by atoms with E-state index in [4.69, 9.17) is 4.74 Å². The third kappa shape index (κ3) is 4.95. The van der Waals surface area contributed by atoms with Gasteiger partial charge in [-0.1, -0.05) is 35.9 Å². The molecular weight excluding hydrogens is 302 g/mol. The molecule has 2 aromatic carbocycles. The van der Waals surface area contributed by atoms with Crippen molar-refractivity contribution in [1.29, 1.82) is 0 Å². The normalized spacial score (nSPS) is 10.3. The van der Waals surface area contributed by atoms with E-state index in [-0.39, 0.29) is 24.9 Å². The first-order valence-corrected chi connectivity index (χ1v) is 8.03. The van der Waals surface area contributed by atoms with Gasteiger partial charge in [0, 0.05) is 5.56 Å². The van der Waals surface area contributed by atoms with Crippen molar-refractivity contribution in [3.8, 4) is 0 Å². The number of carbonyl (C=O) groups excluding carboxylic acids is 2. The number of ether oxygens (including phenoxy) is 1. The van der Waals surface area contributed by atoms with Crippen molar-refractivity contribution >= 4 is 11.9 Å². The molecule has 0 radical (unpaired) electrons. The number of hydrogen-bond donors (Lipinski definition) is 1. The Balaban J connectivity index is 1.77. The summed E-state index contributed by atoms with van der Waals surface area (Å²) in [6.07, 6.45) is 0.255. The molecule has 1 N–H and O–H groups in total. The van der Waals surface area contributed by atoms with Crippen LogP contribution < -0.4 is 5.32 Å². The molecule has 4 nitrogen and oxygen atoms in total. The number of carbonyl (C=O) groups is 2. The van der Waals surface area contributed by atoms with E-state index in [9.17, 15) is 9.59 Å². The standard InChI is InChI=1S/C20H23NO3/c1-14-11-15(2)18(16(3)12-14)13-19(22)24-10-9-21-20(23)17-7-5-4-6-8-17/h4-8,11-12H,9-10,13H2,1-3H3,(H,21,23). The van der Waals surface area contributed by atoms with Gasteiger partial charge in [-0.2, -0.15) is 0 Å². The van der Waals surface area contributed by atoms with Crippen LogP contribution in [0.3, 0.4) is 0 Å². The predicted molar refractivity (Wildman–Crippen MR) is 94.1 cm³/mol. The number of rotatable bonds is 6. The molecular formula is C20H23NO3. The van der Waals surface area contributed by atoms with Crippen molar-refractivity contribution in [2.24, 2.45) is 0 Å². The number of nitrogens with one attached hydrogen (secondary N) is 1. The summed E-state index contributed by atoms with van der Waals surface area (Å²) in [5, 5.41) is 2.73. The summed E-state index contributed by atoms with van der Waals surface area (Å²) >= 11 is 0. The van der Waals surface area contributed by atoms with Crippen LogP contribution in [0.2, 0.25) is 0 Å². The zero-order chi connectivity index (χ0) is 17.5. The Labute approximate surface area is 142 Å². The SMILES string of the molecule is Cc1cc(C)c(CC(=O)OCCNC(=O)c2ccccc2)c(C)c1. The van der Waals surface area contributed by atoms with Gasteiger partial charge in [0.1, 0.15) is 6.61 Å². The highest BCUT2D eigenvalue weighted by Gasteiger charge is 2.11. The summed E-state index contributed by atoms with van der Waals surface area (Å²) in [5.41, 5.74) is 4.99. The first-order valence-electron chi connectivity index (χ1n) is 8.03. The third-order valence-electron chi connectivity index (χ3n) is 3.85. The summed E-state index contributed by atoms with van der Waals surface area (Å²) in [5.74, 6) is -0.448. The second-order valence-corrected chi connectivity index (χ2v) is 5.90. The van der Waals surface area contributed by atoms with E-state index in [0.717, 1.165) is 16.7 Å². The van der Waals surface area contributed by atoms with Crippen molar-refractivity contribution in [3.05, 3.63) is 70.3 Å². The van der Waals surface area contributed by atoms with Crippen molar-refractivity contribution in [2.45, 2.75) is 27.2 Å². The van der Waals surface area contributed by atoms with E-state index >= 15 is 0 Å². The molecule has 1 amide bonds. The smallest absolute Gasteiger partial charge is 0.310 e. The van der Waals surface area contributed by atoms with Crippen LogP contribution in [-0.2, 0) is 16.0 Å². The van der Waals surface area contributed by atoms with Crippen LogP contribution in [0.4, 0.5) is 0 Å². The van der Waals surface area contributed by atoms with Crippen LogP contribution in [0, 0.1) is 20.8 Å². The molecule has 0 spiro atoms. The minimum absolute atomic E-state index is 0.168. The number of hydrogen-bond acceptors (Lipinski definition) is 3. The average Bonchev–Trinajstić information content (AvgIpc) is 2.55. The lowest BCUT2D eigenvalue weighted by Crippen LogP contribution is -2.28. The largest absolute Gasteiger partial charge is 0.464 e. The van der Waals surface area contributed by atoms with Crippen molar-refractivity contribution in [1.82, 2.24) is 5.32 Å². The summed E-state index contributed by atoms with van der Waals surface area (Å²) in [4.78, 5) is 23.8. The van der Waals surface area contributed by atoms with E-state index in [2.05, 4.69) is 17.4 Å². The topological polar surface area (TPSA) is 55.4 Å². The lowest BCUT2D eigenvalue weighted by Gasteiger charge is -2.11. The Kier molecular flexibility index (Phi) is 6.13. The summed E-state index contributed by atoms with van der Waals surface area (Å²) in [7, 11) is 0.